The lowest BCUT2D eigenvalue weighted by Crippen LogP contribution is -2.28. The summed E-state index contributed by atoms with van der Waals surface area (Å²) >= 11 is 0. The number of hydrogen-bond donors (Lipinski definition) is 0. The van der Waals surface area contributed by atoms with Gasteiger partial charge in [0, 0.05) is 44.4 Å². The van der Waals surface area contributed by atoms with Crippen molar-refractivity contribution in [3.8, 4) is 100 Å². The monoisotopic (exact) mass is 1620 g/mol. The zero-order chi connectivity index (χ0) is 84.6. The van der Waals surface area contributed by atoms with Crippen LogP contribution in [0.5, 0.6) is 0 Å². The van der Waals surface area contributed by atoms with Gasteiger partial charge in [0.1, 0.15) is 0 Å². The summed E-state index contributed by atoms with van der Waals surface area (Å²) in [4.78, 5) is 5.20. The van der Waals surface area contributed by atoms with E-state index in [4.69, 9.17) is 0 Å². The molecule has 0 N–H and O–H groups in total. The van der Waals surface area contributed by atoms with E-state index in [-0.39, 0.29) is 0 Å². The first-order valence-electron chi connectivity index (χ1n) is 44.4. The first-order valence-corrected chi connectivity index (χ1v) is 44.4. The molecule has 2 heteroatoms. The predicted molar refractivity (Wildman–Crippen MR) is 538 cm³/mol. The van der Waals surface area contributed by atoms with Gasteiger partial charge in [-0.3, -0.25) is 0 Å². The summed E-state index contributed by atoms with van der Waals surface area (Å²) < 4.78 is 0. The van der Waals surface area contributed by atoms with Gasteiger partial charge >= 0.3 is 0 Å². The molecule has 0 unspecified atom stereocenters. The van der Waals surface area contributed by atoms with E-state index in [1.807, 2.05) is 0 Å². The molecule has 0 spiro atoms. The highest BCUT2D eigenvalue weighted by atomic mass is 15.2. The Hall–Kier alpha value is -16.5. The summed E-state index contributed by atoms with van der Waals surface area (Å²) in [6, 6.07) is 190. The smallest absolute Gasteiger partial charge is 0.0714 e. The molecule has 0 aliphatic heterocycles. The van der Waals surface area contributed by atoms with E-state index < -0.39 is 10.8 Å². The van der Waals surface area contributed by atoms with Crippen molar-refractivity contribution in [1.29, 1.82) is 0 Å². The molecule has 0 aromatic heterocycles. The van der Waals surface area contributed by atoms with Crippen molar-refractivity contribution < 1.29 is 0 Å². The number of benzene rings is 22. The van der Waals surface area contributed by atoms with Crippen LogP contribution in [-0.2, 0) is 10.8 Å². The normalized spacial score (nSPS) is 12.7. The van der Waals surface area contributed by atoms with Gasteiger partial charge in [-0.1, -0.05) is 461 Å². The van der Waals surface area contributed by atoms with E-state index in [9.17, 15) is 0 Å². The highest BCUT2D eigenvalue weighted by Crippen LogP contribution is 2.64. The van der Waals surface area contributed by atoms with Crippen LogP contribution in [0.4, 0.5) is 34.1 Å². The van der Waals surface area contributed by atoms with Gasteiger partial charge in [-0.05, 0) is 203 Å². The first-order chi connectivity index (χ1) is 63.5. The lowest BCUT2D eigenvalue weighted by atomic mass is 9.68. The zero-order valence-electron chi connectivity index (χ0n) is 70.4. The lowest BCUT2D eigenvalue weighted by molar-refractivity contribution is 0.768. The molecule has 0 atom stereocenters. The van der Waals surface area contributed by atoms with E-state index >= 15 is 0 Å². The van der Waals surface area contributed by atoms with Gasteiger partial charge in [-0.2, -0.15) is 0 Å². The SMILES string of the molecule is c1ccc(-c2cccc(-c3ccc(N(c4cccc5c4-c4ccccc4C5(c4ccccc4)c4ccccc4)c4c(-c5cccc(-c6ccc(-c7ccc(-c8ccc(N(c9cccc%10c9-c9ccccc9C%10(c9ccccc9)c9ccccc9)c9c(-c%10ccccc%10)c%10ccccc%10c%10ccccc9%10)cc8)cc7)cc6)c5)c5ccccc5c5ccccc45)cc3)c2)cc1. The Morgan fingerprint density at radius 2 is 0.375 bits per heavy atom. The van der Waals surface area contributed by atoms with Crippen molar-refractivity contribution in [2.45, 2.75) is 10.8 Å². The molecule has 0 heterocycles. The number of anilines is 6. The molecule has 22 aromatic rings. The number of rotatable bonds is 17. The van der Waals surface area contributed by atoms with E-state index in [0.717, 1.165) is 101 Å². The fourth-order valence-electron chi connectivity index (χ4n) is 21.7. The van der Waals surface area contributed by atoms with Crippen LogP contribution in [0.2, 0.25) is 0 Å². The van der Waals surface area contributed by atoms with Crippen LogP contribution in [0.1, 0.15) is 44.5 Å². The standard InChI is InChI=1S/C126H84N2/c1-7-35-85(36-8-1)93-39-31-40-94(83-93)91-77-81-102(82-78-91)128(118-66-34-64-116-122(118)112-60-28-30-62-114(112)126(116,99-47-15-5-16-48-99)100-49-17-6-18-50-100)124-110-58-26-22-54-106(110)104-52-20-24-56-108(104)120(124)96-42-32-41-95(84-96)90-73-71-87(72-74-90)86-67-69-88(70-68-86)89-75-79-101(80-76-89)127(123-109-57-25-21-53-105(109)103-51-19-23-55-107(103)119(123)92-37-9-2-10-38-92)117-65-33-63-115-121(117)111-59-27-29-61-113(111)125(115,97-43-11-3-12-44-97)98-45-13-4-14-46-98/h1-84H. The van der Waals surface area contributed by atoms with Gasteiger partial charge < -0.3 is 9.80 Å². The lowest BCUT2D eigenvalue weighted by Gasteiger charge is -2.35. The summed E-state index contributed by atoms with van der Waals surface area (Å²) in [5.74, 6) is 0. The van der Waals surface area contributed by atoms with E-state index in [1.165, 1.54) is 121 Å². The van der Waals surface area contributed by atoms with Gasteiger partial charge in [0.25, 0.3) is 0 Å². The third kappa shape index (κ3) is 12.2. The minimum Gasteiger partial charge on any atom is -0.309 e. The molecule has 2 aliphatic rings. The second-order valence-electron chi connectivity index (χ2n) is 33.9. The quantitative estimate of drug-likeness (QED) is 0.0839. The largest absolute Gasteiger partial charge is 0.309 e. The van der Waals surface area contributed by atoms with Gasteiger partial charge in [-0.15, -0.1) is 0 Å². The third-order valence-corrected chi connectivity index (χ3v) is 27.2. The predicted octanol–water partition coefficient (Wildman–Crippen LogP) is 33.6. The van der Waals surface area contributed by atoms with Crippen molar-refractivity contribution in [2.24, 2.45) is 0 Å². The molecular formula is C126H84N2. The molecule has 2 aliphatic carbocycles. The molecule has 0 bridgehead atoms. The summed E-state index contributed by atoms with van der Waals surface area (Å²) in [6.07, 6.45) is 0. The molecule has 0 fully saturated rings. The molecule has 598 valence electrons. The summed E-state index contributed by atoms with van der Waals surface area (Å²) in [5, 5.41) is 9.52. The van der Waals surface area contributed by atoms with Crippen LogP contribution in [0.3, 0.4) is 0 Å². The summed E-state index contributed by atoms with van der Waals surface area (Å²) in [7, 11) is 0. The number of hydrogen-bond acceptors (Lipinski definition) is 2. The highest BCUT2D eigenvalue weighted by molar-refractivity contribution is 6.25. The maximum Gasteiger partial charge on any atom is 0.0714 e. The molecule has 0 saturated heterocycles. The van der Waals surface area contributed by atoms with Gasteiger partial charge in [0.15, 0.2) is 0 Å². The molecule has 24 rings (SSSR count). The molecule has 0 saturated carbocycles. The Morgan fingerprint density at radius 3 is 0.742 bits per heavy atom. The van der Waals surface area contributed by atoms with Crippen molar-refractivity contribution in [3.05, 3.63) is 554 Å². The summed E-state index contributed by atoms with van der Waals surface area (Å²) in [6.45, 7) is 0. The van der Waals surface area contributed by atoms with Gasteiger partial charge in [-0.25, -0.2) is 0 Å². The second-order valence-corrected chi connectivity index (χ2v) is 33.9. The van der Waals surface area contributed by atoms with Crippen molar-refractivity contribution in [1.82, 2.24) is 0 Å². The fraction of sp³-hybridized carbons (Fsp3) is 0.0159. The molecular weight excluding hydrogens is 1540 g/mol. The zero-order valence-corrected chi connectivity index (χ0v) is 70.4. The average molecular weight is 1630 g/mol. The minimum absolute atomic E-state index is 0.601. The van der Waals surface area contributed by atoms with Gasteiger partial charge in [0.05, 0.1) is 33.6 Å². The molecule has 128 heavy (non-hydrogen) atoms. The Kier molecular flexibility index (Phi) is 18.4. The Bertz CT molecular complexity index is 7910. The maximum absolute atomic E-state index is 2.61. The van der Waals surface area contributed by atoms with Crippen LogP contribution >= 0.6 is 0 Å². The van der Waals surface area contributed by atoms with Crippen LogP contribution in [0, 0.1) is 0 Å². The first kappa shape index (κ1) is 75.2. The second kappa shape index (κ2) is 31.4. The highest BCUT2D eigenvalue weighted by Gasteiger charge is 2.50. The van der Waals surface area contributed by atoms with E-state index in [0.29, 0.717) is 0 Å². The van der Waals surface area contributed by atoms with Gasteiger partial charge in [0.2, 0.25) is 0 Å². The fourth-order valence-corrected chi connectivity index (χ4v) is 21.7. The van der Waals surface area contributed by atoms with Crippen molar-refractivity contribution >= 4 is 77.2 Å². The Morgan fingerprint density at radius 1 is 0.141 bits per heavy atom. The number of fused-ring (bicyclic) bond motifs is 12. The van der Waals surface area contributed by atoms with Crippen LogP contribution in [-0.4, -0.2) is 0 Å². The topological polar surface area (TPSA) is 6.48 Å². The number of nitrogens with zero attached hydrogens (tertiary/aromatic N) is 2. The minimum atomic E-state index is -0.628. The average Bonchev–Trinajstić information content (AvgIpc) is 1.56. The van der Waals surface area contributed by atoms with E-state index in [2.05, 4.69) is 519 Å². The molecule has 0 amide bonds. The van der Waals surface area contributed by atoms with Crippen LogP contribution < -0.4 is 9.80 Å². The van der Waals surface area contributed by atoms with Crippen LogP contribution in [0.25, 0.3) is 143 Å². The third-order valence-electron chi connectivity index (χ3n) is 27.2. The van der Waals surface area contributed by atoms with Crippen LogP contribution in [0.15, 0.2) is 510 Å². The molecule has 22 aromatic carbocycles. The maximum atomic E-state index is 2.61. The van der Waals surface area contributed by atoms with E-state index in [1.54, 1.807) is 0 Å². The Balaban J connectivity index is 0.618. The summed E-state index contributed by atoms with van der Waals surface area (Å²) in [5.41, 5.74) is 36.3. The Labute approximate surface area is 746 Å². The molecule has 0 radical (unpaired) electrons. The van der Waals surface area contributed by atoms with Crippen molar-refractivity contribution in [2.75, 3.05) is 9.80 Å². The van der Waals surface area contributed by atoms with Crippen molar-refractivity contribution in [3.63, 3.8) is 0 Å². The molecule has 2 nitrogen and oxygen atoms in total.